The molecule has 2 aliphatic rings. The van der Waals surface area contributed by atoms with Crippen LogP contribution in [0.3, 0.4) is 0 Å². The molecule has 1 fully saturated rings. The maximum Gasteiger partial charge on any atom is 0.408 e. The monoisotopic (exact) mass is 480 g/mol. The van der Waals surface area contributed by atoms with E-state index >= 15 is 0 Å². The Bertz CT molecular complexity index is 1100. The van der Waals surface area contributed by atoms with Gasteiger partial charge in [-0.2, -0.15) is 0 Å². The summed E-state index contributed by atoms with van der Waals surface area (Å²) in [5.41, 5.74) is 0.767. The molecule has 8 heteroatoms. The molecule has 2 aromatic carbocycles. The van der Waals surface area contributed by atoms with Crippen LogP contribution in [0.2, 0.25) is 0 Å². The summed E-state index contributed by atoms with van der Waals surface area (Å²) < 4.78 is 11.1. The van der Waals surface area contributed by atoms with Crippen molar-refractivity contribution >= 4 is 18.0 Å². The maximum absolute atomic E-state index is 13.3. The summed E-state index contributed by atoms with van der Waals surface area (Å²) in [6.45, 7) is 6.78. The number of carbonyl (C=O) groups is 3. The molecule has 3 N–H and O–H groups in total. The van der Waals surface area contributed by atoms with Gasteiger partial charge in [-0.25, -0.2) is 4.79 Å². The van der Waals surface area contributed by atoms with Gasteiger partial charge in [-0.1, -0.05) is 48.5 Å². The molecule has 1 aliphatic carbocycles. The van der Waals surface area contributed by atoms with Crippen molar-refractivity contribution in [2.24, 2.45) is 5.41 Å². The van der Waals surface area contributed by atoms with Gasteiger partial charge in [-0.3, -0.25) is 9.59 Å². The predicted molar refractivity (Wildman–Crippen MR) is 130 cm³/mol. The Balaban J connectivity index is 1.47. The van der Waals surface area contributed by atoms with E-state index in [1.165, 1.54) is 0 Å². The number of alkyl carbamates (subject to hydrolysis) is 1. The molecule has 0 radical (unpaired) electrons. The van der Waals surface area contributed by atoms with E-state index in [1.807, 2.05) is 36.4 Å². The number of amides is 2. The van der Waals surface area contributed by atoms with Gasteiger partial charge in [0, 0.05) is 18.9 Å². The first-order valence-electron chi connectivity index (χ1n) is 11.8. The van der Waals surface area contributed by atoms with Gasteiger partial charge in [0.2, 0.25) is 5.91 Å². The topological polar surface area (TPSA) is 114 Å². The standard InChI is InChI=1S/C27H32N2O6/c1-25(2,23(31)32)26(3,4)28-22(30)27(13-14-34-16-27)29-24(33)35-15-21-19-11-7-5-9-17(19)18-10-6-8-12-20(18)21/h5-12,21H,13-16H2,1-4H3,(H,28,30)(H,29,33)(H,31,32). The maximum atomic E-state index is 13.3. The Kier molecular flexibility index (Phi) is 6.36. The number of ether oxygens (including phenoxy) is 2. The average Bonchev–Trinajstić information content (AvgIpc) is 3.41. The van der Waals surface area contributed by atoms with Gasteiger partial charge in [-0.05, 0) is 49.9 Å². The molecule has 4 rings (SSSR count). The highest BCUT2D eigenvalue weighted by molar-refractivity contribution is 5.91. The smallest absolute Gasteiger partial charge is 0.408 e. The van der Waals surface area contributed by atoms with Crippen molar-refractivity contribution in [2.75, 3.05) is 19.8 Å². The van der Waals surface area contributed by atoms with Gasteiger partial charge in [-0.15, -0.1) is 0 Å². The fraction of sp³-hybridized carbons (Fsp3) is 0.444. The lowest BCUT2D eigenvalue weighted by atomic mass is 9.74. The van der Waals surface area contributed by atoms with Crippen molar-refractivity contribution in [3.8, 4) is 11.1 Å². The zero-order valence-corrected chi connectivity index (χ0v) is 20.5. The molecule has 0 saturated carbocycles. The van der Waals surface area contributed by atoms with Crippen molar-refractivity contribution in [3.63, 3.8) is 0 Å². The third-order valence-corrected chi connectivity index (χ3v) is 7.66. The second-order valence-electron chi connectivity index (χ2n) is 10.3. The minimum absolute atomic E-state index is 0.0212. The first-order valence-corrected chi connectivity index (χ1v) is 11.8. The van der Waals surface area contributed by atoms with E-state index < -0.39 is 34.5 Å². The molecule has 1 unspecified atom stereocenters. The van der Waals surface area contributed by atoms with Crippen LogP contribution in [-0.2, 0) is 19.1 Å². The van der Waals surface area contributed by atoms with Crippen LogP contribution in [-0.4, -0.2) is 54.0 Å². The summed E-state index contributed by atoms with van der Waals surface area (Å²) in [4.78, 5) is 38.0. The molecule has 1 aliphatic heterocycles. The SMILES string of the molecule is CC(C)(NC(=O)C1(NC(=O)OCC2c3ccccc3-c3ccccc32)CCOC1)C(C)(C)C(=O)O. The number of carbonyl (C=O) groups excluding carboxylic acids is 2. The minimum Gasteiger partial charge on any atom is -0.481 e. The number of hydrogen-bond donors (Lipinski definition) is 3. The second-order valence-corrected chi connectivity index (χ2v) is 10.3. The Morgan fingerprint density at radius 2 is 1.60 bits per heavy atom. The van der Waals surface area contributed by atoms with E-state index in [9.17, 15) is 19.5 Å². The zero-order valence-electron chi connectivity index (χ0n) is 20.5. The molecule has 35 heavy (non-hydrogen) atoms. The van der Waals surface area contributed by atoms with Crippen molar-refractivity contribution in [2.45, 2.75) is 51.1 Å². The van der Waals surface area contributed by atoms with E-state index in [0.29, 0.717) is 6.61 Å². The van der Waals surface area contributed by atoms with Gasteiger partial charge < -0.3 is 25.2 Å². The number of rotatable bonds is 7. The first-order chi connectivity index (χ1) is 16.5. The van der Waals surface area contributed by atoms with Crippen LogP contribution in [0.5, 0.6) is 0 Å². The van der Waals surface area contributed by atoms with E-state index in [2.05, 4.69) is 22.8 Å². The summed E-state index contributed by atoms with van der Waals surface area (Å²) in [7, 11) is 0. The molecule has 1 atom stereocenters. The fourth-order valence-corrected chi connectivity index (χ4v) is 4.56. The lowest BCUT2D eigenvalue weighted by Crippen LogP contribution is -2.66. The first kappa shape index (κ1) is 24.7. The Morgan fingerprint density at radius 1 is 1.03 bits per heavy atom. The molecule has 2 amide bonds. The van der Waals surface area contributed by atoms with Crippen molar-refractivity contribution in [3.05, 3.63) is 59.7 Å². The van der Waals surface area contributed by atoms with Crippen molar-refractivity contribution in [1.29, 1.82) is 0 Å². The van der Waals surface area contributed by atoms with Crippen LogP contribution in [0.15, 0.2) is 48.5 Å². The molecular weight excluding hydrogens is 448 g/mol. The molecular formula is C27H32N2O6. The molecule has 0 bridgehead atoms. The molecule has 2 aromatic rings. The lowest BCUT2D eigenvalue weighted by molar-refractivity contribution is -0.152. The summed E-state index contributed by atoms with van der Waals surface area (Å²) >= 11 is 0. The van der Waals surface area contributed by atoms with E-state index in [1.54, 1.807) is 27.7 Å². The second kappa shape index (κ2) is 9.00. The molecule has 1 saturated heterocycles. The third kappa shape index (κ3) is 4.38. The summed E-state index contributed by atoms with van der Waals surface area (Å²) in [6, 6.07) is 16.1. The number of nitrogens with one attached hydrogen (secondary N) is 2. The molecule has 0 spiro atoms. The normalized spacial score (nSPS) is 19.5. The summed E-state index contributed by atoms with van der Waals surface area (Å²) in [5, 5.41) is 15.2. The largest absolute Gasteiger partial charge is 0.481 e. The molecule has 1 heterocycles. The summed E-state index contributed by atoms with van der Waals surface area (Å²) in [6.07, 6.45) is -0.463. The Morgan fingerprint density at radius 3 is 2.11 bits per heavy atom. The number of benzene rings is 2. The van der Waals surface area contributed by atoms with Crippen LogP contribution < -0.4 is 10.6 Å². The van der Waals surface area contributed by atoms with Gasteiger partial charge in [0.1, 0.15) is 12.1 Å². The molecule has 8 nitrogen and oxygen atoms in total. The fourth-order valence-electron chi connectivity index (χ4n) is 4.56. The summed E-state index contributed by atoms with van der Waals surface area (Å²) in [5.74, 6) is -1.64. The quantitative estimate of drug-likeness (QED) is 0.557. The van der Waals surface area contributed by atoms with Gasteiger partial charge in [0.15, 0.2) is 0 Å². The minimum atomic E-state index is -1.34. The number of fused-ring (bicyclic) bond motifs is 3. The Hall–Kier alpha value is -3.39. The highest BCUT2D eigenvalue weighted by Crippen LogP contribution is 2.44. The van der Waals surface area contributed by atoms with Crippen molar-refractivity contribution < 1.29 is 29.0 Å². The van der Waals surface area contributed by atoms with E-state index in [0.717, 1.165) is 22.3 Å². The Labute approximate surface area is 205 Å². The highest BCUT2D eigenvalue weighted by atomic mass is 16.6. The number of carboxylic acids is 1. The van der Waals surface area contributed by atoms with Crippen LogP contribution in [0.25, 0.3) is 11.1 Å². The average molecular weight is 481 g/mol. The third-order valence-electron chi connectivity index (χ3n) is 7.66. The van der Waals surface area contributed by atoms with Crippen LogP contribution in [0.1, 0.15) is 51.2 Å². The van der Waals surface area contributed by atoms with Crippen LogP contribution in [0, 0.1) is 5.41 Å². The van der Waals surface area contributed by atoms with Gasteiger partial charge in [0.05, 0.1) is 17.6 Å². The lowest BCUT2D eigenvalue weighted by Gasteiger charge is -2.41. The van der Waals surface area contributed by atoms with Crippen molar-refractivity contribution in [1.82, 2.24) is 10.6 Å². The highest BCUT2D eigenvalue weighted by Gasteiger charge is 2.50. The molecule has 186 valence electrons. The zero-order chi connectivity index (χ0) is 25.4. The number of aliphatic carboxylic acids is 1. The number of hydrogen-bond acceptors (Lipinski definition) is 5. The van der Waals surface area contributed by atoms with Crippen LogP contribution in [0.4, 0.5) is 4.79 Å². The molecule has 0 aromatic heterocycles. The van der Waals surface area contributed by atoms with Crippen LogP contribution >= 0.6 is 0 Å². The van der Waals surface area contributed by atoms with E-state index in [4.69, 9.17) is 9.47 Å². The number of carboxylic acid groups (broad SMARTS) is 1. The van der Waals surface area contributed by atoms with E-state index in [-0.39, 0.29) is 25.6 Å². The van der Waals surface area contributed by atoms with Gasteiger partial charge >= 0.3 is 12.1 Å². The van der Waals surface area contributed by atoms with Gasteiger partial charge in [0.25, 0.3) is 0 Å². The predicted octanol–water partition coefficient (Wildman–Crippen LogP) is 3.69.